The second-order valence-corrected chi connectivity index (χ2v) is 5.32. The Morgan fingerprint density at radius 2 is 2.26 bits per heavy atom. The first-order valence-corrected chi connectivity index (χ1v) is 6.57. The van der Waals surface area contributed by atoms with E-state index >= 15 is 0 Å². The van der Waals surface area contributed by atoms with Crippen LogP contribution < -0.4 is 5.73 Å². The predicted octanol–water partition coefficient (Wildman–Crippen LogP) is 2.45. The number of carbonyl (C=O) groups is 1. The third kappa shape index (κ3) is 3.08. The smallest absolute Gasteiger partial charge is 0.256 e. The molecule has 4 nitrogen and oxygen atoms in total. The fraction of sp³-hybridized carbons (Fsp3) is 0.231. The molecule has 0 radical (unpaired) electrons. The Hall–Kier alpha value is -1.95. The molecule has 0 aliphatic carbocycles. The van der Waals surface area contributed by atoms with E-state index in [0.29, 0.717) is 12.2 Å². The van der Waals surface area contributed by atoms with E-state index in [9.17, 15) is 9.18 Å². The Morgan fingerprint density at radius 1 is 1.53 bits per heavy atom. The summed E-state index contributed by atoms with van der Waals surface area (Å²) >= 11 is 1.52. The summed E-state index contributed by atoms with van der Waals surface area (Å²) in [4.78, 5) is 17.8. The number of hydrogen-bond acceptors (Lipinski definition) is 4. The van der Waals surface area contributed by atoms with Gasteiger partial charge in [0.25, 0.3) is 5.91 Å². The van der Waals surface area contributed by atoms with E-state index in [0.717, 1.165) is 16.8 Å². The van der Waals surface area contributed by atoms with Crippen LogP contribution in [0.25, 0.3) is 0 Å². The van der Waals surface area contributed by atoms with Crippen molar-refractivity contribution < 1.29 is 9.18 Å². The molecule has 0 bridgehead atoms. The van der Waals surface area contributed by atoms with Crippen LogP contribution in [0.2, 0.25) is 0 Å². The number of rotatable bonds is 3. The molecule has 1 amide bonds. The highest BCUT2D eigenvalue weighted by molar-refractivity contribution is 7.09. The summed E-state index contributed by atoms with van der Waals surface area (Å²) in [6.45, 7) is 2.25. The molecular formula is C13H14FN3OS. The highest BCUT2D eigenvalue weighted by atomic mass is 32.1. The molecule has 19 heavy (non-hydrogen) atoms. The highest BCUT2D eigenvalue weighted by Gasteiger charge is 2.17. The number of carbonyl (C=O) groups excluding carboxylic acids is 1. The molecule has 0 aliphatic rings. The SMILES string of the molecule is Cc1nc(CN(C)C(=O)c2ccc(N)cc2F)cs1. The number of hydrogen-bond donors (Lipinski definition) is 1. The molecule has 0 aliphatic heterocycles. The van der Waals surface area contributed by atoms with Gasteiger partial charge in [0.05, 0.1) is 22.8 Å². The average Bonchev–Trinajstić information content (AvgIpc) is 2.74. The van der Waals surface area contributed by atoms with Gasteiger partial charge in [0.15, 0.2) is 0 Å². The molecule has 0 saturated heterocycles. The van der Waals surface area contributed by atoms with Crippen LogP contribution in [0.4, 0.5) is 10.1 Å². The second kappa shape index (κ2) is 5.36. The van der Waals surface area contributed by atoms with E-state index in [2.05, 4.69) is 4.98 Å². The fourth-order valence-electron chi connectivity index (χ4n) is 1.71. The third-order valence-electron chi connectivity index (χ3n) is 2.64. The minimum Gasteiger partial charge on any atom is -0.399 e. The molecule has 1 heterocycles. The van der Waals surface area contributed by atoms with Gasteiger partial charge in [-0.3, -0.25) is 4.79 Å². The summed E-state index contributed by atoms with van der Waals surface area (Å²) in [5, 5.41) is 2.83. The van der Waals surface area contributed by atoms with Crippen molar-refractivity contribution in [3.05, 3.63) is 45.7 Å². The molecule has 2 N–H and O–H groups in total. The van der Waals surface area contributed by atoms with Crippen LogP contribution in [0, 0.1) is 12.7 Å². The first-order chi connectivity index (χ1) is 8.97. The van der Waals surface area contributed by atoms with Crippen LogP contribution in [0.1, 0.15) is 21.1 Å². The number of benzene rings is 1. The van der Waals surface area contributed by atoms with Gasteiger partial charge >= 0.3 is 0 Å². The Bertz CT molecular complexity index is 612. The first kappa shape index (κ1) is 13.5. The Balaban J connectivity index is 2.14. The van der Waals surface area contributed by atoms with Crippen molar-refractivity contribution >= 4 is 22.9 Å². The lowest BCUT2D eigenvalue weighted by atomic mass is 10.1. The number of nitrogen functional groups attached to an aromatic ring is 1. The zero-order valence-electron chi connectivity index (χ0n) is 10.7. The van der Waals surface area contributed by atoms with Crippen molar-refractivity contribution in [2.24, 2.45) is 0 Å². The van der Waals surface area contributed by atoms with Crippen LogP contribution in [-0.4, -0.2) is 22.8 Å². The minimum atomic E-state index is -0.605. The van der Waals surface area contributed by atoms with E-state index in [1.807, 2.05) is 12.3 Å². The molecule has 6 heteroatoms. The van der Waals surface area contributed by atoms with Crippen LogP contribution in [-0.2, 0) is 6.54 Å². The molecule has 0 fully saturated rings. The third-order valence-corrected chi connectivity index (χ3v) is 3.46. The number of aryl methyl sites for hydroxylation is 1. The summed E-state index contributed by atoms with van der Waals surface area (Å²) in [5.74, 6) is -0.991. The second-order valence-electron chi connectivity index (χ2n) is 4.26. The lowest BCUT2D eigenvalue weighted by Gasteiger charge is -2.16. The van der Waals surface area contributed by atoms with Gasteiger partial charge in [-0.25, -0.2) is 9.37 Å². The van der Waals surface area contributed by atoms with Crippen molar-refractivity contribution in [3.8, 4) is 0 Å². The van der Waals surface area contributed by atoms with E-state index in [-0.39, 0.29) is 11.5 Å². The Kier molecular flexibility index (Phi) is 3.80. The normalized spacial score (nSPS) is 10.5. The molecule has 1 aromatic heterocycles. The van der Waals surface area contributed by atoms with Gasteiger partial charge in [0.2, 0.25) is 0 Å². The topological polar surface area (TPSA) is 59.2 Å². The quantitative estimate of drug-likeness (QED) is 0.878. The molecule has 0 spiro atoms. The van der Waals surface area contributed by atoms with Crippen molar-refractivity contribution in [2.75, 3.05) is 12.8 Å². The number of nitrogens with zero attached hydrogens (tertiary/aromatic N) is 2. The molecule has 100 valence electrons. The maximum absolute atomic E-state index is 13.7. The van der Waals surface area contributed by atoms with E-state index in [1.54, 1.807) is 7.05 Å². The van der Waals surface area contributed by atoms with E-state index < -0.39 is 5.82 Å². The average molecular weight is 279 g/mol. The molecule has 2 rings (SSSR count). The van der Waals surface area contributed by atoms with Gasteiger partial charge in [-0.15, -0.1) is 11.3 Å². The van der Waals surface area contributed by atoms with Crippen LogP contribution >= 0.6 is 11.3 Å². The summed E-state index contributed by atoms with van der Waals surface area (Å²) in [6, 6.07) is 4.06. The molecule has 1 aromatic carbocycles. The van der Waals surface area contributed by atoms with Gasteiger partial charge in [-0.1, -0.05) is 0 Å². The summed E-state index contributed by atoms with van der Waals surface area (Å²) in [5.41, 5.74) is 6.57. The predicted molar refractivity (Wildman–Crippen MR) is 73.5 cm³/mol. The van der Waals surface area contributed by atoms with Crippen LogP contribution in [0.3, 0.4) is 0 Å². The van der Waals surface area contributed by atoms with Gasteiger partial charge in [0.1, 0.15) is 5.82 Å². The molecular weight excluding hydrogens is 265 g/mol. The molecule has 0 unspecified atom stereocenters. The number of thiazole rings is 1. The number of aromatic nitrogens is 1. The van der Waals surface area contributed by atoms with Gasteiger partial charge in [-0.05, 0) is 25.1 Å². The number of anilines is 1. The van der Waals surface area contributed by atoms with Gasteiger partial charge < -0.3 is 10.6 Å². The van der Waals surface area contributed by atoms with Gasteiger partial charge in [-0.2, -0.15) is 0 Å². The largest absolute Gasteiger partial charge is 0.399 e. The monoisotopic (exact) mass is 279 g/mol. The molecule has 2 aromatic rings. The Labute approximate surface area is 114 Å². The first-order valence-electron chi connectivity index (χ1n) is 5.69. The molecule has 0 atom stereocenters. The molecule has 0 saturated carbocycles. The van der Waals surface area contributed by atoms with Gasteiger partial charge in [0, 0.05) is 18.1 Å². The maximum atomic E-state index is 13.7. The fourth-order valence-corrected chi connectivity index (χ4v) is 2.31. The standard InChI is InChI=1S/C13H14FN3OS/c1-8-16-10(7-19-8)6-17(2)13(18)11-4-3-9(15)5-12(11)14/h3-5,7H,6,15H2,1-2H3. The summed E-state index contributed by atoms with van der Waals surface area (Å²) in [6.07, 6.45) is 0. The van der Waals surface area contributed by atoms with Crippen LogP contribution in [0.5, 0.6) is 0 Å². The van der Waals surface area contributed by atoms with E-state index in [1.165, 1.54) is 28.4 Å². The highest BCUT2D eigenvalue weighted by Crippen LogP contribution is 2.16. The minimum absolute atomic E-state index is 0.0173. The maximum Gasteiger partial charge on any atom is 0.256 e. The Morgan fingerprint density at radius 3 is 2.84 bits per heavy atom. The van der Waals surface area contributed by atoms with Crippen molar-refractivity contribution in [2.45, 2.75) is 13.5 Å². The number of nitrogens with two attached hydrogens (primary N) is 1. The van der Waals surface area contributed by atoms with Crippen molar-refractivity contribution in [1.29, 1.82) is 0 Å². The zero-order chi connectivity index (χ0) is 14.0. The zero-order valence-corrected chi connectivity index (χ0v) is 11.5. The van der Waals surface area contributed by atoms with Crippen molar-refractivity contribution in [3.63, 3.8) is 0 Å². The van der Waals surface area contributed by atoms with Crippen molar-refractivity contribution in [1.82, 2.24) is 9.88 Å². The number of halogens is 1. The van der Waals surface area contributed by atoms with Crippen LogP contribution in [0.15, 0.2) is 23.6 Å². The number of amides is 1. The van der Waals surface area contributed by atoms with E-state index in [4.69, 9.17) is 5.73 Å². The lowest BCUT2D eigenvalue weighted by molar-refractivity contribution is 0.0779. The summed E-state index contributed by atoms with van der Waals surface area (Å²) in [7, 11) is 1.62. The lowest BCUT2D eigenvalue weighted by Crippen LogP contribution is -2.27. The summed E-state index contributed by atoms with van der Waals surface area (Å²) < 4.78 is 13.7.